The molecule has 0 amide bonds. The number of hydrogen-bond acceptors (Lipinski definition) is 3. The first-order valence-electron chi connectivity index (χ1n) is 6.64. The van der Waals surface area contributed by atoms with Crippen LogP contribution < -0.4 is 4.74 Å². The number of hydrogen-bond donors (Lipinski definition) is 1. The van der Waals surface area contributed by atoms with Crippen LogP contribution in [0, 0.1) is 0 Å². The molecule has 1 aliphatic rings. The summed E-state index contributed by atoms with van der Waals surface area (Å²) in [5, 5.41) is 9.27. The largest absolute Gasteiger partial charge is 0.497 e. The first kappa shape index (κ1) is 12.7. The Morgan fingerprint density at radius 1 is 1.40 bits per heavy atom. The first-order chi connectivity index (χ1) is 9.69. The third kappa shape index (κ3) is 2.15. The number of ether oxygens (including phenoxy) is 1. The number of aryl methyl sites for hydroxylation is 1. The smallest absolute Gasteiger partial charge is 0.326 e. The van der Waals surface area contributed by atoms with Gasteiger partial charge in [-0.05, 0) is 37.1 Å². The number of nitrogens with zero attached hydrogens (tertiary/aromatic N) is 2. The van der Waals surface area contributed by atoms with Gasteiger partial charge in [-0.1, -0.05) is 0 Å². The normalized spacial score (nSPS) is 17.6. The second kappa shape index (κ2) is 5.00. The van der Waals surface area contributed by atoms with Gasteiger partial charge in [0.05, 0.1) is 12.8 Å². The van der Waals surface area contributed by atoms with Crippen molar-refractivity contribution in [3.8, 4) is 17.0 Å². The van der Waals surface area contributed by atoms with Crippen molar-refractivity contribution in [2.45, 2.75) is 25.3 Å². The van der Waals surface area contributed by atoms with Crippen molar-refractivity contribution in [3.05, 3.63) is 36.3 Å². The van der Waals surface area contributed by atoms with E-state index in [-0.39, 0.29) is 0 Å². The number of methoxy groups -OCH3 is 1. The molecule has 0 bridgehead atoms. The average Bonchev–Trinajstić information content (AvgIpc) is 2.90. The van der Waals surface area contributed by atoms with E-state index in [2.05, 4.69) is 4.98 Å². The summed E-state index contributed by atoms with van der Waals surface area (Å²) in [5.41, 5.74) is 1.78. The summed E-state index contributed by atoms with van der Waals surface area (Å²) >= 11 is 0. The van der Waals surface area contributed by atoms with Gasteiger partial charge >= 0.3 is 5.97 Å². The molecular formula is C15H16N2O3. The van der Waals surface area contributed by atoms with E-state index in [1.165, 1.54) is 0 Å². The fraction of sp³-hybridized carbons (Fsp3) is 0.333. The quantitative estimate of drug-likeness (QED) is 0.932. The van der Waals surface area contributed by atoms with Gasteiger partial charge in [-0.2, -0.15) is 0 Å². The molecule has 0 aliphatic carbocycles. The molecule has 0 radical (unpaired) electrons. The second-order valence-electron chi connectivity index (χ2n) is 4.92. The molecule has 0 fully saturated rings. The van der Waals surface area contributed by atoms with Gasteiger partial charge in [0.15, 0.2) is 0 Å². The highest BCUT2D eigenvalue weighted by atomic mass is 16.5. The van der Waals surface area contributed by atoms with Crippen LogP contribution >= 0.6 is 0 Å². The number of carbonyl (C=O) groups is 1. The number of carboxylic acid groups (broad SMARTS) is 1. The molecule has 1 unspecified atom stereocenters. The van der Waals surface area contributed by atoms with Gasteiger partial charge in [0.2, 0.25) is 0 Å². The zero-order chi connectivity index (χ0) is 14.1. The van der Waals surface area contributed by atoms with Crippen molar-refractivity contribution in [3.63, 3.8) is 0 Å². The zero-order valence-corrected chi connectivity index (χ0v) is 11.2. The van der Waals surface area contributed by atoms with Gasteiger partial charge in [0.25, 0.3) is 0 Å². The Morgan fingerprint density at radius 2 is 2.15 bits per heavy atom. The van der Waals surface area contributed by atoms with Gasteiger partial charge in [-0.25, -0.2) is 9.78 Å². The highest BCUT2D eigenvalue weighted by Gasteiger charge is 2.27. The monoisotopic (exact) mass is 272 g/mol. The fourth-order valence-corrected chi connectivity index (χ4v) is 2.62. The molecule has 104 valence electrons. The van der Waals surface area contributed by atoms with Crippen LogP contribution in [0.2, 0.25) is 0 Å². The lowest BCUT2D eigenvalue weighted by atomic mass is 10.1. The Balaban J connectivity index is 1.97. The maximum absolute atomic E-state index is 11.3. The Labute approximate surface area is 116 Å². The molecule has 1 aromatic carbocycles. The van der Waals surface area contributed by atoms with Crippen LogP contribution in [0.5, 0.6) is 5.75 Å². The highest BCUT2D eigenvalue weighted by Crippen LogP contribution is 2.29. The molecule has 0 saturated carbocycles. The molecule has 5 heteroatoms. The van der Waals surface area contributed by atoms with E-state index in [0.29, 0.717) is 6.42 Å². The maximum atomic E-state index is 11.3. The van der Waals surface area contributed by atoms with Crippen LogP contribution in [-0.2, 0) is 11.2 Å². The Hall–Kier alpha value is -2.30. The number of fused-ring (bicyclic) bond motifs is 1. The van der Waals surface area contributed by atoms with Gasteiger partial charge < -0.3 is 14.4 Å². The van der Waals surface area contributed by atoms with Crippen molar-refractivity contribution < 1.29 is 14.6 Å². The minimum absolute atomic E-state index is 0.488. The maximum Gasteiger partial charge on any atom is 0.326 e. The summed E-state index contributed by atoms with van der Waals surface area (Å²) in [4.78, 5) is 15.8. The number of imidazole rings is 1. The van der Waals surface area contributed by atoms with Gasteiger partial charge in [0.1, 0.15) is 17.6 Å². The standard InChI is InChI=1S/C15H16N2O3/c1-20-11-7-5-10(6-8-11)12-9-17-13(15(18)19)3-2-4-14(17)16-12/h5-9,13H,2-4H2,1H3,(H,18,19). The van der Waals surface area contributed by atoms with Crippen molar-refractivity contribution in [1.82, 2.24) is 9.55 Å². The second-order valence-corrected chi connectivity index (χ2v) is 4.92. The first-order valence-corrected chi connectivity index (χ1v) is 6.64. The predicted molar refractivity (Wildman–Crippen MR) is 73.8 cm³/mol. The van der Waals surface area contributed by atoms with Crippen LogP contribution in [0.1, 0.15) is 24.7 Å². The number of aromatic nitrogens is 2. The molecule has 20 heavy (non-hydrogen) atoms. The van der Waals surface area contributed by atoms with E-state index >= 15 is 0 Å². The van der Waals surface area contributed by atoms with Gasteiger partial charge in [-0.3, -0.25) is 0 Å². The lowest BCUT2D eigenvalue weighted by molar-refractivity contribution is -0.141. The van der Waals surface area contributed by atoms with E-state index in [1.54, 1.807) is 11.7 Å². The minimum atomic E-state index is -0.787. The molecule has 0 spiro atoms. The molecule has 1 aliphatic heterocycles. The molecule has 1 aromatic heterocycles. The van der Waals surface area contributed by atoms with Crippen molar-refractivity contribution in [2.24, 2.45) is 0 Å². The van der Waals surface area contributed by atoms with Crippen LogP contribution in [0.3, 0.4) is 0 Å². The Kier molecular flexibility index (Phi) is 3.18. The SMILES string of the molecule is COc1ccc(-c2cn3c(n2)CCCC3C(=O)O)cc1. The zero-order valence-electron chi connectivity index (χ0n) is 11.2. The number of carboxylic acids is 1. The van der Waals surface area contributed by atoms with E-state index in [1.807, 2.05) is 30.5 Å². The lowest BCUT2D eigenvalue weighted by Gasteiger charge is -2.20. The van der Waals surface area contributed by atoms with Gasteiger partial charge in [0, 0.05) is 18.2 Å². The summed E-state index contributed by atoms with van der Waals surface area (Å²) in [7, 11) is 1.63. The molecule has 1 N–H and O–H groups in total. The topological polar surface area (TPSA) is 64.4 Å². The molecular weight excluding hydrogens is 256 g/mol. The summed E-state index contributed by atoms with van der Waals surface area (Å²) in [6.07, 6.45) is 4.21. The van der Waals surface area contributed by atoms with Crippen molar-refractivity contribution in [2.75, 3.05) is 7.11 Å². The fourth-order valence-electron chi connectivity index (χ4n) is 2.62. The summed E-state index contributed by atoms with van der Waals surface area (Å²) in [6, 6.07) is 7.13. The van der Waals surface area contributed by atoms with Gasteiger partial charge in [-0.15, -0.1) is 0 Å². The van der Waals surface area contributed by atoms with E-state index in [0.717, 1.165) is 35.7 Å². The molecule has 0 saturated heterocycles. The number of rotatable bonds is 3. The third-order valence-electron chi connectivity index (χ3n) is 3.69. The summed E-state index contributed by atoms with van der Waals surface area (Å²) in [6.45, 7) is 0. The number of aliphatic carboxylic acids is 1. The Bertz CT molecular complexity index is 631. The highest BCUT2D eigenvalue weighted by molar-refractivity contribution is 5.72. The molecule has 3 rings (SSSR count). The van der Waals surface area contributed by atoms with Crippen LogP contribution in [0.25, 0.3) is 11.3 Å². The lowest BCUT2D eigenvalue weighted by Crippen LogP contribution is -2.24. The third-order valence-corrected chi connectivity index (χ3v) is 3.69. The Morgan fingerprint density at radius 3 is 2.80 bits per heavy atom. The summed E-state index contributed by atoms with van der Waals surface area (Å²) < 4.78 is 6.93. The van der Waals surface area contributed by atoms with Crippen LogP contribution in [0.4, 0.5) is 0 Å². The average molecular weight is 272 g/mol. The molecule has 1 atom stereocenters. The number of benzene rings is 1. The van der Waals surface area contributed by atoms with Crippen molar-refractivity contribution in [1.29, 1.82) is 0 Å². The minimum Gasteiger partial charge on any atom is -0.497 e. The van der Waals surface area contributed by atoms with E-state index in [4.69, 9.17) is 4.74 Å². The van der Waals surface area contributed by atoms with Crippen molar-refractivity contribution >= 4 is 5.97 Å². The van der Waals surface area contributed by atoms with E-state index < -0.39 is 12.0 Å². The van der Waals surface area contributed by atoms with Crippen LogP contribution in [-0.4, -0.2) is 27.7 Å². The molecule has 2 heterocycles. The van der Waals surface area contributed by atoms with E-state index in [9.17, 15) is 9.90 Å². The summed E-state index contributed by atoms with van der Waals surface area (Å²) in [5.74, 6) is 0.861. The predicted octanol–water partition coefficient (Wildman–Crippen LogP) is 2.52. The molecule has 2 aromatic rings. The molecule has 5 nitrogen and oxygen atoms in total. The van der Waals surface area contributed by atoms with Crippen LogP contribution in [0.15, 0.2) is 30.5 Å².